The Kier molecular flexibility index (Phi) is 17.1. The van der Waals surface area contributed by atoms with Crippen LogP contribution in [-0.4, -0.2) is 108 Å². The molecular formula is C4H14Ba2O. The third-order valence-corrected chi connectivity index (χ3v) is 0. The quantitative estimate of drug-likeness (QED) is 0.551. The zero-order valence-corrected chi connectivity index (χ0v) is 3.95. The van der Waals surface area contributed by atoms with E-state index in [-0.39, 0.29) is 97.8 Å². The fraction of sp³-hybridized carbons (Fsp3) is 1.00. The van der Waals surface area contributed by atoms with Gasteiger partial charge in [-0.05, 0) is 20.8 Å². The summed E-state index contributed by atoms with van der Waals surface area (Å²) in [7, 11) is 0. The van der Waals surface area contributed by atoms with E-state index in [9.17, 15) is 0 Å². The van der Waals surface area contributed by atoms with Crippen molar-refractivity contribution >= 4 is 97.8 Å². The van der Waals surface area contributed by atoms with Gasteiger partial charge >= 0.3 is 97.8 Å². The first-order chi connectivity index (χ1) is 2.00. The van der Waals surface area contributed by atoms with Crippen LogP contribution in [0.4, 0.5) is 0 Å². The Morgan fingerprint density at radius 2 is 1.00 bits per heavy atom. The first-order valence-corrected chi connectivity index (χ1v) is 1.72. The fourth-order valence-corrected chi connectivity index (χ4v) is 0. The van der Waals surface area contributed by atoms with Crippen molar-refractivity contribution in [2.24, 2.45) is 0 Å². The van der Waals surface area contributed by atoms with Crippen molar-refractivity contribution in [1.82, 2.24) is 0 Å². The van der Waals surface area contributed by atoms with E-state index in [0.29, 0.717) is 0 Å². The number of rotatable bonds is 0. The maximum absolute atomic E-state index is 8.52. The minimum atomic E-state index is -0.500. The van der Waals surface area contributed by atoms with Gasteiger partial charge in [0.2, 0.25) is 0 Å². The van der Waals surface area contributed by atoms with Gasteiger partial charge < -0.3 is 5.11 Å². The summed E-state index contributed by atoms with van der Waals surface area (Å²) in [5.74, 6) is 0. The number of hydrogen-bond acceptors (Lipinski definition) is 1. The van der Waals surface area contributed by atoms with E-state index >= 15 is 0 Å². The molecule has 0 unspecified atom stereocenters. The Bertz CT molecular complexity index is 25.2. The molecule has 0 bridgehead atoms. The van der Waals surface area contributed by atoms with Crippen molar-refractivity contribution in [3.63, 3.8) is 0 Å². The summed E-state index contributed by atoms with van der Waals surface area (Å²) >= 11 is 0. The van der Waals surface area contributed by atoms with E-state index in [1.165, 1.54) is 0 Å². The predicted molar refractivity (Wildman–Crippen MR) is 39.1 cm³/mol. The van der Waals surface area contributed by atoms with Crippen molar-refractivity contribution in [3.05, 3.63) is 0 Å². The van der Waals surface area contributed by atoms with Crippen LogP contribution in [0.5, 0.6) is 0 Å². The summed E-state index contributed by atoms with van der Waals surface area (Å²) in [5, 5.41) is 8.52. The van der Waals surface area contributed by atoms with E-state index in [1.807, 2.05) is 0 Å². The summed E-state index contributed by atoms with van der Waals surface area (Å²) in [6.07, 6.45) is 0. The van der Waals surface area contributed by atoms with Gasteiger partial charge in [-0.2, -0.15) is 0 Å². The van der Waals surface area contributed by atoms with Crippen LogP contribution in [0.1, 0.15) is 20.8 Å². The van der Waals surface area contributed by atoms with Crippen LogP contribution >= 0.6 is 0 Å². The summed E-state index contributed by atoms with van der Waals surface area (Å²) < 4.78 is 0. The van der Waals surface area contributed by atoms with Gasteiger partial charge in [0.05, 0.1) is 5.60 Å². The normalized spacial score (nSPS) is 8.57. The van der Waals surface area contributed by atoms with E-state index in [2.05, 4.69) is 0 Å². The second-order valence-electron chi connectivity index (χ2n) is 2.17. The van der Waals surface area contributed by atoms with Gasteiger partial charge in [-0.1, -0.05) is 0 Å². The van der Waals surface area contributed by atoms with Crippen molar-refractivity contribution in [3.8, 4) is 0 Å². The molecule has 1 nitrogen and oxygen atoms in total. The Morgan fingerprint density at radius 3 is 1.00 bits per heavy atom. The molecule has 0 heterocycles. The molecule has 7 heavy (non-hydrogen) atoms. The zero-order valence-electron chi connectivity index (χ0n) is 3.95. The van der Waals surface area contributed by atoms with E-state index in [1.54, 1.807) is 20.8 Å². The molecule has 0 aliphatic rings. The van der Waals surface area contributed by atoms with Crippen LogP contribution in [0.3, 0.4) is 0 Å². The molecule has 0 spiro atoms. The molecular weight excluding hydrogens is 339 g/mol. The summed E-state index contributed by atoms with van der Waals surface area (Å²) in [4.78, 5) is 0. The third kappa shape index (κ3) is 47.7. The molecule has 0 aliphatic carbocycles. The van der Waals surface area contributed by atoms with Crippen LogP contribution in [0.25, 0.3) is 0 Å². The Hall–Kier alpha value is 3.10. The molecule has 0 amide bonds. The van der Waals surface area contributed by atoms with Crippen LogP contribution < -0.4 is 0 Å². The molecule has 0 fully saturated rings. The third-order valence-electron chi connectivity index (χ3n) is 0. The predicted octanol–water partition coefficient (Wildman–Crippen LogP) is -1.06. The number of hydrogen-bond donors (Lipinski definition) is 1. The van der Waals surface area contributed by atoms with Crippen molar-refractivity contribution in [1.29, 1.82) is 0 Å². The molecule has 0 saturated heterocycles. The molecule has 3 heteroatoms. The van der Waals surface area contributed by atoms with Crippen molar-refractivity contribution < 1.29 is 5.11 Å². The molecule has 1 N–H and O–H groups in total. The SMILES string of the molecule is CC(C)(C)O.[BaH2].[BaH2]. The van der Waals surface area contributed by atoms with Crippen LogP contribution in [0.2, 0.25) is 0 Å². The second kappa shape index (κ2) is 7.21. The average molecular weight is 353 g/mol. The monoisotopic (exact) mass is 354 g/mol. The van der Waals surface area contributed by atoms with Gasteiger partial charge in [0, 0.05) is 0 Å². The molecule has 0 aliphatic heterocycles. The molecule has 0 aromatic carbocycles. The van der Waals surface area contributed by atoms with E-state index in [0.717, 1.165) is 0 Å². The fourth-order valence-electron chi connectivity index (χ4n) is 0. The van der Waals surface area contributed by atoms with Gasteiger partial charge in [-0.15, -0.1) is 0 Å². The number of aliphatic hydroxyl groups is 1. The summed E-state index contributed by atoms with van der Waals surface area (Å²) in [5.41, 5.74) is -0.500. The molecule has 40 valence electrons. The summed E-state index contributed by atoms with van der Waals surface area (Å²) in [6, 6.07) is 0. The Balaban J connectivity index is -0.0000000800. The van der Waals surface area contributed by atoms with Crippen LogP contribution in [-0.2, 0) is 0 Å². The first kappa shape index (κ1) is 16.6. The zero-order chi connectivity index (χ0) is 4.50. The molecule has 0 atom stereocenters. The van der Waals surface area contributed by atoms with Gasteiger partial charge in [-0.3, -0.25) is 0 Å². The van der Waals surface area contributed by atoms with Gasteiger partial charge in [0.1, 0.15) is 0 Å². The molecule has 0 aromatic rings. The minimum absolute atomic E-state index is 0. The molecule has 0 rings (SSSR count). The van der Waals surface area contributed by atoms with Gasteiger partial charge in [0.15, 0.2) is 0 Å². The van der Waals surface area contributed by atoms with Crippen LogP contribution in [0, 0.1) is 0 Å². The van der Waals surface area contributed by atoms with Gasteiger partial charge in [-0.25, -0.2) is 0 Å². The standard InChI is InChI=1S/C4H10O.2Ba.4H/c1-4(2,3)5;;;;;;/h5H,1-3H3;;;;;;. The summed E-state index contributed by atoms with van der Waals surface area (Å²) in [6.45, 7) is 5.23. The Morgan fingerprint density at radius 1 is 1.00 bits per heavy atom. The Labute approximate surface area is 126 Å². The molecule has 0 saturated carbocycles. The maximum atomic E-state index is 8.52. The van der Waals surface area contributed by atoms with Crippen molar-refractivity contribution in [2.75, 3.05) is 0 Å². The average Bonchev–Trinajstić information content (AvgIpc) is 0.722. The van der Waals surface area contributed by atoms with E-state index in [4.69, 9.17) is 5.11 Å². The van der Waals surface area contributed by atoms with E-state index < -0.39 is 5.60 Å². The van der Waals surface area contributed by atoms with Crippen molar-refractivity contribution in [2.45, 2.75) is 26.4 Å². The first-order valence-electron chi connectivity index (χ1n) is 1.72. The topological polar surface area (TPSA) is 20.2 Å². The second-order valence-corrected chi connectivity index (χ2v) is 2.17. The van der Waals surface area contributed by atoms with Crippen LogP contribution in [0.15, 0.2) is 0 Å². The van der Waals surface area contributed by atoms with Gasteiger partial charge in [0.25, 0.3) is 0 Å². The molecule has 0 radical (unpaired) electrons. The molecule has 0 aromatic heterocycles.